The fourth-order valence-electron chi connectivity index (χ4n) is 1.02. The van der Waals surface area contributed by atoms with Crippen molar-refractivity contribution in [3.63, 3.8) is 0 Å². The summed E-state index contributed by atoms with van der Waals surface area (Å²) in [5.41, 5.74) is 0.492. The maximum atomic E-state index is 12.0. The molecule has 0 saturated heterocycles. The summed E-state index contributed by atoms with van der Waals surface area (Å²) in [4.78, 5) is 0. The molecule has 0 amide bonds. The summed E-state index contributed by atoms with van der Waals surface area (Å²) in [5.74, 6) is 0. The molecule has 0 unspecified atom stereocenters. The molecule has 0 radical (unpaired) electrons. The van der Waals surface area contributed by atoms with Gasteiger partial charge in [-0.15, -0.1) is 0 Å². The van der Waals surface area contributed by atoms with E-state index in [2.05, 4.69) is 5.10 Å². The maximum absolute atomic E-state index is 12.0. The molecule has 0 spiro atoms. The lowest BCUT2D eigenvalue weighted by atomic mass is 10.4. The molecule has 86 valence electrons. The number of nitrogens with zero attached hydrogens (tertiary/aromatic N) is 2. The van der Waals surface area contributed by atoms with Crippen molar-refractivity contribution in [2.75, 3.05) is 0 Å². The minimum Gasteiger partial charge on any atom is -0.372 e. The van der Waals surface area contributed by atoms with Crippen LogP contribution in [0.5, 0.6) is 0 Å². The quantitative estimate of drug-likeness (QED) is 0.789. The number of rotatable bonds is 5. The maximum Gasteiger partial charge on any atom is 0.257 e. The van der Waals surface area contributed by atoms with Crippen LogP contribution >= 0.6 is 11.6 Å². The molecule has 0 N–H and O–H groups in total. The molecule has 1 heterocycles. The van der Waals surface area contributed by atoms with Gasteiger partial charge in [-0.2, -0.15) is 5.10 Å². The van der Waals surface area contributed by atoms with Crippen LogP contribution in [0.2, 0.25) is 5.02 Å². The van der Waals surface area contributed by atoms with Crippen LogP contribution in [0.4, 0.5) is 8.78 Å². The molecule has 0 aromatic carbocycles. The Hall–Kier alpha value is -0.680. The summed E-state index contributed by atoms with van der Waals surface area (Å²) in [5, 5.41) is 4.26. The first kappa shape index (κ1) is 12.4. The lowest BCUT2D eigenvalue weighted by Gasteiger charge is -2.05. The van der Waals surface area contributed by atoms with Crippen LogP contribution < -0.4 is 0 Å². The molecule has 0 saturated carbocycles. The molecule has 1 aromatic rings. The van der Waals surface area contributed by atoms with Crippen LogP contribution in [0.25, 0.3) is 0 Å². The second kappa shape index (κ2) is 5.42. The molecule has 0 bridgehead atoms. The first-order valence-corrected chi connectivity index (χ1v) is 4.98. The van der Waals surface area contributed by atoms with Crippen LogP contribution in [0.3, 0.4) is 0 Å². The van der Waals surface area contributed by atoms with Gasteiger partial charge in [0, 0.05) is 6.20 Å². The van der Waals surface area contributed by atoms with E-state index in [1.807, 2.05) is 13.8 Å². The van der Waals surface area contributed by atoms with Crippen molar-refractivity contribution in [1.29, 1.82) is 0 Å². The van der Waals surface area contributed by atoms with Gasteiger partial charge in [-0.25, -0.2) is 8.78 Å². The van der Waals surface area contributed by atoms with Gasteiger partial charge < -0.3 is 4.74 Å². The van der Waals surface area contributed by atoms with Gasteiger partial charge in [0.05, 0.1) is 17.7 Å². The average molecular weight is 239 g/mol. The predicted molar refractivity (Wildman–Crippen MR) is 53.2 cm³/mol. The van der Waals surface area contributed by atoms with Gasteiger partial charge in [-0.1, -0.05) is 11.6 Å². The summed E-state index contributed by atoms with van der Waals surface area (Å²) in [6.07, 6.45) is -0.992. The van der Waals surface area contributed by atoms with Crippen LogP contribution in [0, 0.1) is 0 Å². The van der Waals surface area contributed by atoms with E-state index in [0.717, 1.165) is 4.68 Å². The molecule has 6 heteroatoms. The molecule has 15 heavy (non-hydrogen) atoms. The fourth-order valence-corrected chi connectivity index (χ4v) is 1.22. The number of hydrogen-bond acceptors (Lipinski definition) is 2. The number of hydrogen-bond donors (Lipinski definition) is 0. The van der Waals surface area contributed by atoms with Crippen molar-refractivity contribution in [2.24, 2.45) is 0 Å². The Kier molecular flexibility index (Phi) is 4.47. The summed E-state index contributed by atoms with van der Waals surface area (Å²) in [6, 6.07) is 0. The van der Waals surface area contributed by atoms with Gasteiger partial charge in [-0.05, 0) is 13.8 Å². The van der Waals surface area contributed by atoms with Gasteiger partial charge in [0.25, 0.3) is 6.43 Å². The molecule has 1 aromatic heterocycles. The second-order valence-corrected chi connectivity index (χ2v) is 3.80. The Balaban J connectivity index is 2.60. The van der Waals surface area contributed by atoms with Crippen LogP contribution in [-0.4, -0.2) is 22.3 Å². The molecule has 0 aliphatic heterocycles. The zero-order valence-corrected chi connectivity index (χ0v) is 9.34. The summed E-state index contributed by atoms with van der Waals surface area (Å²) in [7, 11) is 0. The van der Waals surface area contributed by atoms with E-state index in [1.165, 1.54) is 6.20 Å². The van der Waals surface area contributed by atoms with Crippen LogP contribution in [-0.2, 0) is 17.9 Å². The third-order valence-electron chi connectivity index (χ3n) is 1.67. The third kappa shape index (κ3) is 4.13. The highest BCUT2D eigenvalue weighted by atomic mass is 35.5. The summed E-state index contributed by atoms with van der Waals surface area (Å²) in [6.45, 7) is 3.56. The van der Waals surface area contributed by atoms with E-state index in [9.17, 15) is 8.78 Å². The predicted octanol–water partition coefficient (Wildman–Crippen LogP) is 2.73. The van der Waals surface area contributed by atoms with Crippen LogP contribution in [0.1, 0.15) is 19.5 Å². The Bertz CT molecular complexity index is 315. The molecule has 0 aliphatic carbocycles. The van der Waals surface area contributed by atoms with E-state index in [0.29, 0.717) is 10.7 Å². The van der Waals surface area contributed by atoms with Crippen molar-refractivity contribution >= 4 is 11.6 Å². The van der Waals surface area contributed by atoms with Gasteiger partial charge in [0.15, 0.2) is 0 Å². The zero-order chi connectivity index (χ0) is 11.4. The van der Waals surface area contributed by atoms with Crippen LogP contribution in [0.15, 0.2) is 6.20 Å². The monoisotopic (exact) mass is 238 g/mol. The van der Waals surface area contributed by atoms with E-state index in [1.54, 1.807) is 0 Å². The van der Waals surface area contributed by atoms with Crippen molar-refractivity contribution in [1.82, 2.24) is 9.78 Å². The van der Waals surface area contributed by atoms with E-state index < -0.39 is 13.0 Å². The Morgan fingerprint density at radius 3 is 2.73 bits per heavy atom. The Morgan fingerprint density at radius 2 is 2.20 bits per heavy atom. The smallest absolute Gasteiger partial charge is 0.257 e. The van der Waals surface area contributed by atoms with Gasteiger partial charge in [0.1, 0.15) is 12.2 Å². The standard InChI is InChI=1S/C9H13ClF2N2O/c1-6(2)15-5-8-7(10)3-14(13-8)4-9(11)12/h3,6,9H,4-5H2,1-2H3. The number of halogens is 3. The highest BCUT2D eigenvalue weighted by Crippen LogP contribution is 2.16. The minimum absolute atomic E-state index is 0.0568. The Morgan fingerprint density at radius 1 is 1.53 bits per heavy atom. The highest BCUT2D eigenvalue weighted by Gasteiger charge is 2.11. The first-order valence-electron chi connectivity index (χ1n) is 4.60. The summed E-state index contributed by atoms with van der Waals surface area (Å²) < 4.78 is 30.5. The fraction of sp³-hybridized carbons (Fsp3) is 0.667. The SMILES string of the molecule is CC(C)OCc1nn(CC(F)F)cc1Cl. The lowest BCUT2D eigenvalue weighted by Crippen LogP contribution is -2.08. The van der Waals surface area contributed by atoms with Crippen molar-refractivity contribution in [3.8, 4) is 0 Å². The Labute approximate surface area is 92.0 Å². The van der Waals surface area contributed by atoms with Gasteiger partial charge in [0.2, 0.25) is 0 Å². The normalized spacial score (nSPS) is 11.7. The molecule has 3 nitrogen and oxygen atoms in total. The van der Waals surface area contributed by atoms with Crippen molar-refractivity contribution < 1.29 is 13.5 Å². The van der Waals surface area contributed by atoms with Gasteiger partial charge >= 0.3 is 0 Å². The van der Waals surface area contributed by atoms with E-state index >= 15 is 0 Å². The molecular weight excluding hydrogens is 226 g/mol. The van der Waals surface area contributed by atoms with Gasteiger partial charge in [-0.3, -0.25) is 4.68 Å². The molecule has 1 rings (SSSR count). The topological polar surface area (TPSA) is 27.1 Å². The number of alkyl halides is 2. The zero-order valence-electron chi connectivity index (χ0n) is 8.58. The van der Waals surface area contributed by atoms with E-state index in [4.69, 9.17) is 16.3 Å². The summed E-state index contributed by atoms with van der Waals surface area (Å²) >= 11 is 5.80. The third-order valence-corrected chi connectivity index (χ3v) is 1.98. The number of aromatic nitrogens is 2. The van der Waals surface area contributed by atoms with E-state index in [-0.39, 0.29) is 12.7 Å². The highest BCUT2D eigenvalue weighted by molar-refractivity contribution is 6.31. The largest absolute Gasteiger partial charge is 0.372 e. The lowest BCUT2D eigenvalue weighted by molar-refractivity contribution is 0.0626. The molecular formula is C9H13ClF2N2O. The first-order chi connectivity index (χ1) is 6.99. The molecule has 0 fully saturated rings. The van der Waals surface area contributed by atoms with Crippen molar-refractivity contribution in [3.05, 3.63) is 16.9 Å². The molecule has 0 atom stereocenters. The molecule has 0 aliphatic rings. The van der Waals surface area contributed by atoms with Crippen molar-refractivity contribution in [2.45, 2.75) is 39.5 Å². The average Bonchev–Trinajstić information content (AvgIpc) is 2.41. The minimum atomic E-state index is -2.43. The second-order valence-electron chi connectivity index (χ2n) is 3.40. The number of ether oxygens (including phenoxy) is 1.